The van der Waals surface area contributed by atoms with Crippen molar-refractivity contribution in [3.8, 4) is 11.3 Å². The van der Waals surface area contributed by atoms with E-state index in [1.54, 1.807) is 29.1 Å². The fraction of sp³-hybridized carbons (Fsp3) is 0.133. The summed E-state index contributed by atoms with van der Waals surface area (Å²) in [7, 11) is 1.88. The first-order chi connectivity index (χ1) is 10.5. The summed E-state index contributed by atoms with van der Waals surface area (Å²) < 4.78 is 1.76. The van der Waals surface area contributed by atoms with Gasteiger partial charge in [0.1, 0.15) is 0 Å². The number of benzene rings is 1. The summed E-state index contributed by atoms with van der Waals surface area (Å²) in [4.78, 5) is 8.73. The van der Waals surface area contributed by atoms with Crippen molar-refractivity contribution >= 4 is 34.8 Å². The van der Waals surface area contributed by atoms with Crippen LogP contribution in [0.5, 0.6) is 0 Å². The molecule has 0 spiro atoms. The summed E-state index contributed by atoms with van der Waals surface area (Å²) in [6.07, 6.45) is 3.63. The highest BCUT2D eigenvalue weighted by Gasteiger charge is 2.09. The van der Waals surface area contributed by atoms with Crippen LogP contribution >= 0.6 is 23.2 Å². The Morgan fingerprint density at radius 3 is 2.50 bits per heavy atom. The van der Waals surface area contributed by atoms with Crippen LogP contribution in [0.2, 0.25) is 10.0 Å². The number of aryl methyl sites for hydroxylation is 2. The van der Waals surface area contributed by atoms with Gasteiger partial charge in [-0.2, -0.15) is 5.10 Å². The van der Waals surface area contributed by atoms with Crippen LogP contribution in [0.1, 0.15) is 5.69 Å². The smallest absolute Gasteiger partial charge is 0.227 e. The second-order valence-electron chi connectivity index (χ2n) is 4.85. The molecule has 3 rings (SSSR count). The number of halogens is 2. The van der Waals surface area contributed by atoms with Gasteiger partial charge in [0.25, 0.3) is 0 Å². The first kappa shape index (κ1) is 14.8. The number of nitrogens with one attached hydrogen (secondary N) is 1. The monoisotopic (exact) mass is 333 g/mol. The molecule has 0 saturated heterocycles. The third-order valence-corrected chi connectivity index (χ3v) is 3.50. The molecule has 2 aromatic heterocycles. The average molecular weight is 334 g/mol. The number of hydrogen-bond acceptors (Lipinski definition) is 4. The van der Waals surface area contributed by atoms with Crippen LogP contribution in [0.3, 0.4) is 0 Å². The first-order valence-electron chi connectivity index (χ1n) is 6.58. The number of rotatable bonds is 3. The number of aromatic nitrogens is 4. The lowest BCUT2D eigenvalue weighted by atomic mass is 10.2. The van der Waals surface area contributed by atoms with Crippen molar-refractivity contribution in [1.29, 1.82) is 0 Å². The van der Waals surface area contributed by atoms with Gasteiger partial charge in [-0.25, -0.2) is 9.97 Å². The van der Waals surface area contributed by atoms with Crippen molar-refractivity contribution in [3.05, 3.63) is 52.4 Å². The second kappa shape index (κ2) is 5.94. The van der Waals surface area contributed by atoms with E-state index in [0.29, 0.717) is 16.0 Å². The van der Waals surface area contributed by atoms with Gasteiger partial charge in [-0.15, -0.1) is 0 Å². The zero-order valence-electron chi connectivity index (χ0n) is 12.0. The maximum atomic E-state index is 5.99. The van der Waals surface area contributed by atoms with Crippen LogP contribution in [0.25, 0.3) is 11.3 Å². The van der Waals surface area contributed by atoms with Crippen LogP contribution in [0.4, 0.5) is 11.6 Å². The molecule has 0 unspecified atom stereocenters. The zero-order chi connectivity index (χ0) is 15.7. The van der Waals surface area contributed by atoms with E-state index < -0.39 is 0 Å². The number of anilines is 2. The molecule has 7 heteroatoms. The lowest BCUT2D eigenvalue weighted by Gasteiger charge is -2.07. The zero-order valence-corrected chi connectivity index (χ0v) is 13.5. The molecule has 3 aromatic rings. The van der Waals surface area contributed by atoms with Gasteiger partial charge in [-0.3, -0.25) is 4.68 Å². The predicted molar refractivity (Wildman–Crippen MR) is 88.7 cm³/mol. The van der Waals surface area contributed by atoms with Crippen LogP contribution in [0.15, 0.2) is 36.7 Å². The minimum absolute atomic E-state index is 0.471. The normalized spacial score (nSPS) is 10.7. The highest BCUT2D eigenvalue weighted by Crippen LogP contribution is 2.25. The quantitative estimate of drug-likeness (QED) is 0.778. The van der Waals surface area contributed by atoms with Crippen LogP contribution in [0, 0.1) is 6.92 Å². The van der Waals surface area contributed by atoms with Gasteiger partial charge in [-0.1, -0.05) is 23.2 Å². The summed E-state index contributed by atoms with van der Waals surface area (Å²) in [5.41, 5.74) is 3.42. The molecule has 22 heavy (non-hydrogen) atoms. The maximum Gasteiger partial charge on any atom is 0.227 e. The highest BCUT2D eigenvalue weighted by molar-refractivity contribution is 6.35. The molecule has 0 aliphatic heterocycles. The van der Waals surface area contributed by atoms with Gasteiger partial charge in [0.2, 0.25) is 5.95 Å². The standard InChI is InChI=1S/C15H13Cl2N5/c1-9-13(8-22(2)21-9)14-3-4-18-15(20-14)19-12-6-10(16)5-11(17)7-12/h3-8H,1-2H3,(H,18,19,20). The molecule has 0 saturated carbocycles. The van der Waals surface area contributed by atoms with Gasteiger partial charge >= 0.3 is 0 Å². The van der Waals surface area contributed by atoms with E-state index in [0.717, 1.165) is 22.6 Å². The molecule has 0 bridgehead atoms. The maximum absolute atomic E-state index is 5.99. The van der Waals surface area contributed by atoms with Crippen molar-refractivity contribution in [2.45, 2.75) is 6.92 Å². The highest BCUT2D eigenvalue weighted by atomic mass is 35.5. The van der Waals surface area contributed by atoms with Crippen LogP contribution in [-0.4, -0.2) is 19.7 Å². The molecule has 0 atom stereocenters. The SMILES string of the molecule is Cc1nn(C)cc1-c1ccnc(Nc2cc(Cl)cc(Cl)c2)n1. The van der Waals surface area contributed by atoms with Gasteiger partial charge in [0.15, 0.2) is 0 Å². The number of nitrogens with zero attached hydrogens (tertiary/aromatic N) is 4. The molecule has 1 aromatic carbocycles. The van der Waals surface area contributed by atoms with E-state index in [1.807, 2.05) is 26.2 Å². The van der Waals surface area contributed by atoms with Crippen LogP contribution < -0.4 is 5.32 Å². The summed E-state index contributed by atoms with van der Waals surface area (Å²) in [6, 6.07) is 7.04. The van der Waals surface area contributed by atoms with E-state index in [1.165, 1.54) is 0 Å². The Hall–Kier alpha value is -2.11. The van der Waals surface area contributed by atoms with Crippen molar-refractivity contribution in [1.82, 2.24) is 19.7 Å². The summed E-state index contributed by atoms with van der Waals surface area (Å²) in [6.45, 7) is 1.95. The van der Waals surface area contributed by atoms with Gasteiger partial charge in [0, 0.05) is 40.7 Å². The Kier molecular flexibility index (Phi) is 4.00. The Morgan fingerprint density at radius 2 is 1.86 bits per heavy atom. The molecule has 0 radical (unpaired) electrons. The fourth-order valence-electron chi connectivity index (χ4n) is 2.18. The van der Waals surface area contributed by atoms with E-state index in [2.05, 4.69) is 20.4 Å². The Morgan fingerprint density at radius 1 is 1.14 bits per heavy atom. The Balaban J connectivity index is 1.93. The largest absolute Gasteiger partial charge is 0.324 e. The third-order valence-electron chi connectivity index (χ3n) is 3.06. The van der Waals surface area contributed by atoms with E-state index >= 15 is 0 Å². The number of hydrogen-bond donors (Lipinski definition) is 1. The molecule has 0 aliphatic rings. The van der Waals surface area contributed by atoms with Crippen LogP contribution in [-0.2, 0) is 7.05 Å². The summed E-state index contributed by atoms with van der Waals surface area (Å²) >= 11 is 12.0. The summed E-state index contributed by atoms with van der Waals surface area (Å²) in [5.74, 6) is 0.471. The van der Waals surface area contributed by atoms with Crippen molar-refractivity contribution < 1.29 is 0 Å². The fourth-order valence-corrected chi connectivity index (χ4v) is 2.70. The molecule has 0 amide bonds. The topological polar surface area (TPSA) is 55.6 Å². The average Bonchev–Trinajstić information content (AvgIpc) is 2.77. The molecular formula is C15H13Cl2N5. The van der Waals surface area contributed by atoms with Gasteiger partial charge in [-0.05, 0) is 31.2 Å². The molecule has 5 nitrogen and oxygen atoms in total. The van der Waals surface area contributed by atoms with Gasteiger partial charge in [0.05, 0.1) is 11.4 Å². The van der Waals surface area contributed by atoms with Crippen molar-refractivity contribution in [2.24, 2.45) is 7.05 Å². The molecular weight excluding hydrogens is 321 g/mol. The molecule has 2 heterocycles. The predicted octanol–water partition coefficient (Wildman–Crippen LogP) is 4.24. The van der Waals surface area contributed by atoms with Crippen molar-refractivity contribution in [3.63, 3.8) is 0 Å². The van der Waals surface area contributed by atoms with Crippen molar-refractivity contribution in [2.75, 3.05) is 5.32 Å². The summed E-state index contributed by atoms with van der Waals surface area (Å²) in [5, 5.41) is 8.53. The van der Waals surface area contributed by atoms with E-state index in [4.69, 9.17) is 23.2 Å². The molecule has 0 fully saturated rings. The molecule has 0 aliphatic carbocycles. The minimum Gasteiger partial charge on any atom is -0.324 e. The minimum atomic E-state index is 0.471. The van der Waals surface area contributed by atoms with Gasteiger partial charge < -0.3 is 5.32 Å². The Bertz CT molecular complexity index is 808. The lowest BCUT2D eigenvalue weighted by Crippen LogP contribution is -1.98. The van der Waals surface area contributed by atoms with E-state index in [9.17, 15) is 0 Å². The molecule has 1 N–H and O–H groups in total. The lowest BCUT2D eigenvalue weighted by molar-refractivity contribution is 0.756. The Labute approximate surface area is 137 Å². The molecule has 112 valence electrons. The third kappa shape index (κ3) is 3.21. The van der Waals surface area contributed by atoms with E-state index in [-0.39, 0.29) is 0 Å². The second-order valence-corrected chi connectivity index (χ2v) is 5.72. The first-order valence-corrected chi connectivity index (χ1v) is 7.33.